The van der Waals surface area contributed by atoms with Crippen molar-refractivity contribution in [3.8, 4) is 5.88 Å². The average Bonchev–Trinajstić information content (AvgIpc) is 3.06. The molecule has 1 aliphatic rings. The molecule has 0 bridgehead atoms. The molecule has 9 heteroatoms. The van der Waals surface area contributed by atoms with E-state index in [4.69, 9.17) is 25.7 Å². The number of aromatic nitrogens is 3. The molecule has 0 saturated carbocycles. The molecule has 0 saturated heterocycles. The van der Waals surface area contributed by atoms with Gasteiger partial charge in [-0.25, -0.2) is 15.0 Å². The van der Waals surface area contributed by atoms with Crippen LogP contribution in [0.4, 0.5) is 5.82 Å². The molecule has 192 valence electrons. The number of benzene rings is 2. The number of nitrogens with zero attached hydrogens (tertiary/aromatic N) is 4. The summed E-state index contributed by atoms with van der Waals surface area (Å²) in [6, 6.07) is 23.2. The lowest BCUT2D eigenvalue weighted by atomic mass is 10.2. The third-order valence-electron chi connectivity index (χ3n) is 6.75. The van der Waals surface area contributed by atoms with Crippen LogP contribution in [0.3, 0.4) is 0 Å². The maximum Gasteiger partial charge on any atom is 0.261 e. The van der Waals surface area contributed by atoms with Crippen LogP contribution in [0.25, 0.3) is 10.9 Å². The van der Waals surface area contributed by atoms with Crippen molar-refractivity contribution in [3.05, 3.63) is 71.9 Å². The topological polar surface area (TPSA) is 60.4 Å². The lowest BCUT2D eigenvalue weighted by molar-refractivity contribution is 0.292. The number of thioether (sulfide) groups is 1. The molecule has 2 aromatic carbocycles. The Labute approximate surface area is 228 Å². The van der Waals surface area contributed by atoms with E-state index >= 15 is 0 Å². The van der Waals surface area contributed by atoms with E-state index in [9.17, 15) is 0 Å². The summed E-state index contributed by atoms with van der Waals surface area (Å²) >= 11 is 7.78. The first-order chi connectivity index (χ1) is 17.8. The molecule has 37 heavy (non-hydrogen) atoms. The smallest absolute Gasteiger partial charge is 0.261 e. The SMILES string of the molecule is CSc1nc2c3c(nc(Cl)cc3n1)OCCN2CCO[Si](c1ccccc1)(c1ccccc1)C(C)(C)C. The van der Waals surface area contributed by atoms with Crippen LogP contribution >= 0.6 is 23.4 Å². The van der Waals surface area contributed by atoms with Gasteiger partial charge in [0.15, 0.2) is 5.16 Å². The van der Waals surface area contributed by atoms with E-state index in [1.54, 1.807) is 6.07 Å². The number of pyridine rings is 1. The Balaban J connectivity index is 1.52. The van der Waals surface area contributed by atoms with Crippen molar-refractivity contribution in [3.63, 3.8) is 0 Å². The number of ether oxygens (including phenoxy) is 1. The highest BCUT2D eigenvalue weighted by Gasteiger charge is 2.50. The minimum absolute atomic E-state index is 0.0842. The predicted octanol–water partition coefficient (Wildman–Crippen LogP) is 5.18. The van der Waals surface area contributed by atoms with Crippen LogP contribution in [0.5, 0.6) is 5.88 Å². The molecule has 3 heterocycles. The second-order valence-corrected chi connectivity index (χ2v) is 15.5. The summed E-state index contributed by atoms with van der Waals surface area (Å²) in [6.07, 6.45) is 1.97. The van der Waals surface area contributed by atoms with Gasteiger partial charge in [-0.2, -0.15) is 0 Å². The highest BCUT2D eigenvalue weighted by atomic mass is 35.5. The van der Waals surface area contributed by atoms with Gasteiger partial charge in [0.2, 0.25) is 5.88 Å². The first kappa shape index (κ1) is 26.0. The number of halogens is 1. The van der Waals surface area contributed by atoms with E-state index < -0.39 is 8.32 Å². The maximum atomic E-state index is 7.14. The van der Waals surface area contributed by atoms with E-state index in [0.717, 1.165) is 16.7 Å². The van der Waals surface area contributed by atoms with Gasteiger partial charge < -0.3 is 14.1 Å². The third kappa shape index (κ3) is 4.95. The highest BCUT2D eigenvalue weighted by molar-refractivity contribution is 7.98. The van der Waals surface area contributed by atoms with Gasteiger partial charge >= 0.3 is 0 Å². The minimum atomic E-state index is -2.63. The molecule has 2 aromatic heterocycles. The molecule has 6 nitrogen and oxygen atoms in total. The Kier molecular flexibility index (Phi) is 7.45. The average molecular weight is 551 g/mol. The molecule has 0 N–H and O–H groups in total. The zero-order valence-electron chi connectivity index (χ0n) is 21.6. The molecule has 1 aliphatic heterocycles. The van der Waals surface area contributed by atoms with E-state index in [1.807, 2.05) is 6.26 Å². The fourth-order valence-electron chi connectivity index (χ4n) is 5.12. The van der Waals surface area contributed by atoms with Crippen molar-refractivity contribution in [2.45, 2.75) is 31.0 Å². The summed E-state index contributed by atoms with van der Waals surface area (Å²) in [6.45, 7) is 9.24. The molecular weight excluding hydrogens is 520 g/mol. The molecule has 0 amide bonds. The van der Waals surface area contributed by atoms with Crippen molar-refractivity contribution in [2.75, 3.05) is 37.5 Å². The quantitative estimate of drug-likeness (QED) is 0.136. The van der Waals surface area contributed by atoms with E-state index in [2.05, 4.69) is 96.3 Å². The number of anilines is 1. The van der Waals surface area contributed by atoms with Crippen molar-refractivity contribution < 1.29 is 9.16 Å². The van der Waals surface area contributed by atoms with Gasteiger partial charge in [0.25, 0.3) is 8.32 Å². The fourth-order valence-corrected chi connectivity index (χ4v) is 10.2. The van der Waals surface area contributed by atoms with E-state index in [0.29, 0.717) is 42.5 Å². The summed E-state index contributed by atoms with van der Waals surface area (Å²) < 4.78 is 13.1. The Morgan fingerprint density at radius 3 is 2.24 bits per heavy atom. The van der Waals surface area contributed by atoms with Crippen molar-refractivity contribution in [1.29, 1.82) is 0 Å². The second kappa shape index (κ2) is 10.6. The van der Waals surface area contributed by atoms with E-state index in [-0.39, 0.29) is 5.04 Å². The monoisotopic (exact) mass is 550 g/mol. The lowest BCUT2D eigenvalue weighted by Gasteiger charge is -2.43. The zero-order chi connectivity index (χ0) is 26.0. The summed E-state index contributed by atoms with van der Waals surface area (Å²) in [5.74, 6) is 1.30. The van der Waals surface area contributed by atoms with Gasteiger partial charge in [-0.3, -0.25) is 0 Å². The molecule has 0 radical (unpaired) electrons. The Morgan fingerprint density at radius 2 is 1.65 bits per heavy atom. The van der Waals surface area contributed by atoms with Crippen LogP contribution in [0.1, 0.15) is 20.8 Å². The molecule has 0 fully saturated rings. The van der Waals surface area contributed by atoms with Crippen molar-refractivity contribution in [2.24, 2.45) is 0 Å². The molecule has 0 unspecified atom stereocenters. The number of hydrogen-bond acceptors (Lipinski definition) is 7. The first-order valence-corrected chi connectivity index (χ1v) is 15.9. The summed E-state index contributed by atoms with van der Waals surface area (Å²) in [4.78, 5) is 16.2. The zero-order valence-corrected chi connectivity index (χ0v) is 24.1. The van der Waals surface area contributed by atoms with Crippen LogP contribution < -0.4 is 20.0 Å². The fraction of sp³-hybridized carbons (Fsp3) is 0.321. The number of rotatable bonds is 7. The molecule has 0 aliphatic carbocycles. The van der Waals surface area contributed by atoms with Gasteiger partial charge in [0, 0.05) is 12.6 Å². The van der Waals surface area contributed by atoms with Gasteiger partial charge in [0.05, 0.1) is 18.7 Å². The maximum absolute atomic E-state index is 7.14. The summed E-state index contributed by atoms with van der Waals surface area (Å²) in [7, 11) is -2.63. The van der Waals surface area contributed by atoms with Crippen LogP contribution in [0.2, 0.25) is 10.2 Å². The Bertz CT molecular complexity index is 1350. The van der Waals surface area contributed by atoms with Crippen molar-refractivity contribution in [1.82, 2.24) is 15.0 Å². The molecular formula is C28H31ClN4O2SSi. The normalized spacial score (nSPS) is 13.9. The standard InChI is InChI=1S/C28H31ClN4O2SSi/c1-28(2,3)37(20-11-7-5-8-12-20,21-13-9-6-10-14-21)35-18-16-33-15-17-34-26-24-22(19-23(29)31-26)30-27(36-4)32-25(24)33/h5-14,19H,15-18H2,1-4H3. The summed E-state index contributed by atoms with van der Waals surface area (Å²) in [5, 5.41) is 4.31. The predicted molar refractivity (Wildman–Crippen MR) is 155 cm³/mol. The number of hydrogen-bond donors (Lipinski definition) is 0. The molecule has 5 rings (SSSR count). The molecule has 4 aromatic rings. The highest BCUT2D eigenvalue weighted by Crippen LogP contribution is 2.38. The van der Waals surface area contributed by atoms with Crippen LogP contribution in [-0.4, -0.2) is 55.8 Å². The largest absolute Gasteiger partial charge is 0.475 e. The Hall–Kier alpha value is -2.65. The Morgan fingerprint density at radius 1 is 1.00 bits per heavy atom. The lowest BCUT2D eigenvalue weighted by Crippen LogP contribution is -2.67. The van der Waals surface area contributed by atoms with Gasteiger partial charge in [-0.1, -0.05) is 105 Å². The minimum Gasteiger partial charge on any atom is -0.475 e. The van der Waals surface area contributed by atoms with Crippen LogP contribution in [-0.2, 0) is 4.43 Å². The van der Waals surface area contributed by atoms with Gasteiger partial charge in [-0.15, -0.1) is 0 Å². The van der Waals surface area contributed by atoms with Crippen LogP contribution in [0.15, 0.2) is 71.9 Å². The molecule has 0 spiro atoms. The van der Waals surface area contributed by atoms with Gasteiger partial charge in [-0.05, 0) is 21.7 Å². The first-order valence-electron chi connectivity index (χ1n) is 12.4. The third-order valence-corrected chi connectivity index (χ3v) is 12.5. The van der Waals surface area contributed by atoms with Gasteiger partial charge in [0.1, 0.15) is 23.0 Å². The van der Waals surface area contributed by atoms with Crippen molar-refractivity contribution >= 4 is 58.8 Å². The summed E-state index contributed by atoms with van der Waals surface area (Å²) in [5.41, 5.74) is 0.740. The second-order valence-electron chi connectivity index (χ2n) is 10.0. The van der Waals surface area contributed by atoms with Crippen LogP contribution in [0, 0.1) is 0 Å². The van der Waals surface area contributed by atoms with E-state index in [1.165, 1.54) is 22.1 Å². The molecule has 0 atom stereocenters.